The lowest BCUT2D eigenvalue weighted by molar-refractivity contribution is -0.125. The van der Waals surface area contributed by atoms with Gasteiger partial charge in [0.2, 0.25) is 5.91 Å². The second-order valence-electron chi connectivity index (χ2n) is 7.13. The van der Waals surface area contributed by atoms with Gasteiger partial charge in [0.25, 0.3) is 5.91 Å². The molecule has 1 aliphatic heterocycles. The molecule has 2 amide bonds. The molecule has 0 saturated heterocycles. The van der Waals surface area contributed by atoms with E-state index in [0.717, 1.165) is 16.8 Å². The number of hydrogen-bond acceptors (Lipinski definition) is 4. The summed E-state index contributed by atoms with van der Waals surface area (Å²) in [5.41, 5.74) is 9.69. The maximum absolute atomic E-state index is 12.8. The summed E-state index contributed by atoms with van der Waals surface area (Å²) in [6.07, 6.45) is 2.77. The van der Waals surface area contributed by atoms with Crippen LogP contribution in [0.3, 0.4) is 0 Å². The molecule has 6 nitrogen and oxygen atoms in total. The van der Waals surface area contributed by atoms with Crippen LogP contribution in [0.1, 0.15) is 24.5 Å². The fourth-order valence-corrected chi connectivity index (χ4v) is 3.34. The van der Waals surface area contributed by atoms with Crippen molar-refractivity contribution in [2.45, 2.75) is 32.4 Å². The van der Waals surface area contributed by atoms with Crippen LogP contribution in [0.25, 0.3) is 0 Å². The highest BCUT2D eigenvalue weighted by Gasteiger charge is 2.29. The summed E-state index contributed by atoms with van der Waals surface area (Å²) in [6.45, 7) is 2.31. The number of fused-ring (bicyclic) bond motifs is 1. The van der Waals surface area contributed by atoms with Crippen LogP contribution in [0.2, 0.25) is 0 Å². The normalized spacial score (nSPS) is 17.5. The molecule has 0 aliphatic carbocycles. The number of nitrogens with two attached hydrogens (primary N) is 1. The first kappa shape index (κ1) is 20.3. The lowest BCUT2D eigenvalue weighted by Crippen LogP contribution is -2.47. The zero-order chi connectivity index (χ0) is 20.8. The van der Waals surface area contributed by atoms with E-state index in [9.17, 15) is 9.59 Å². The molecule has 0 saturated carbocycles. The van der Waals surface area contributed by atoms with Crippen LogP contribution >= 0.6 is 0 Å². The van der Waals surface area contributed by atoms with Crippen LogP contribution < -0.4 is 16.0 Å². The lowest BCUT2D eigenvalue weighted by atomic mass is 10.1. The second kappa shape index (κ2) is 9.19. The molecule has 0 bridgehead atoms. The molecule has 29 heavy (non-hydrogen) atoms. The van der Waals surface area contributed by atoms with Gasteiger partial charge in [-0.2, -0.15) is 0 Å². The first-order valence-electron chi connectivity index (χ1n) is 9.64. The largest absolute Gasteiger partial charge is 0.394 e. The zero-order valence-corrected chi connectivity index (χ0v) is 16.8. The molecule has 3 rings (SSSR count). The van der Waals surface area contributed by atoms with E-state index in [0.29, 0.717) is 25.1 Å². The SMILES string of the molecule is CC(C=C(N)C(=O)N[C@H]1CCc2ccccc2N(C)C1=O)=NCc1ccccc1. The van der Waals surface area contributed by atoms with Gasteiger partial charge < -0.3 is 16.0 Å². The van der Waals surface area contributed by atoms with Gasteiger partial charge >= 0.3 is 0 Å². The lowest BCUT2D eigenvalue weighted by Gasteiger charge is -2.22. The number of allylic oxidation sites excluding steroid dienone is 1. The summed E-state index contributed by atoms with van der Waals surface area (Å²) >= 11 is 0. The van der Waals surface area contributed by atoms with Crippen LogP contribution in [0, 0.1) is 0 Å². The third-order valence-corrected chi connectivity index (χ3v) is 4.97. The molecule has 1 aliphatic rings. The molecule has 2 aromatic carbocycles. The van der Waals surface area contributed by atoms with E-state index in [1.54, 1.807) is 18.9 Å². The van der Waals surface area contributed by atoms with Crippen LogP contribution in [-0.2, 0) is 22.6 Å². The van der Waals surface area contributed by atoms with E-state index in [4.69, 9.17) is 5.73 Å². The van der Waals surface area contributed by atoms with Crippen molar-refractivity contribution in [1.82, 2.24) is 5.32 Å². The van der Waals surface area contributed by atoms with Crippen LogP contribution in [-0.4, -0.2) is 30.6 Å². The predicted molar refractivity (Wildman–Crippen MR) is 116 cm³/mol. The number of carbonyl (C=O) groups excluding carboxylic acids is 2. The van der Waals surface area contributed by atoms with Crippen molar-refractivity contribution in [3.8, 4) is 0 Å². The molecular formula is C23H26N4O2. The Labute approximate surface area is 171 Å². The Morgan fingerprint density at radius 1 is 1.21 bits per heavy atom. The highest BCUT2D eigenvalue weighted by atomic mass is 16.2. The maximum atomic E-state index is 12.8. The van der Waals surface area contributed by atoms with Crippen LogP contribution in [0.4, 0.5) is 5.69 Å². The van der Waals surface area contributed by atoms with Crippen LogP contribution in [0.15, 0.2) is 71.4 Å². The van der Waals surface area contributed by atoms with Crippen LogP contribution in [0.5, 0.6) is 0 Å². The van der Waals surface area contributed by atoms with Crippen molar-refractivity contribution in [2.24, 2.45) is 10.7 Å². The second-order valence-corrected chi connectivity index (χ2v) is 7.13. The summed E-state index contributed by atoms with van der Waals surface area (Å²) < 4.78 is 0. The molecule has 3 N–H and O–H groups in total. The molecule has 0 radical (unpaired) electrons. The third kappa shape index (κ3) is 5.10. The number of aryl methyl sites for hydroxylation is 1. The van der Waals surface area contributed by atoms with Crippen molar-refractivity contribution in [3.05, 3.63) is 77.5 Å². The number of nitrogens with one attached hydrogen (secondary N) is 1. The predicted octanol–water partition coefficient (Wildman–Crippen LogP) is 2.58. The Kier molecular flexibility index (Phi) is 6.44. The Bertz CT molecular complexity index is 950. The molecule has 0 fully saturated rings. The number of likely N-dealkylation sites (N-methyl/N-ethyl adjacent to an activating group) is 1. The number of aliphatic imine (C=N–C) groups is 1. The first-order chi connectivity index (χ1) is 14.0. The summed E-state index contributed by atoms with van der Waals surface area (Å²) in [5.74, 6) is -0.609. The monoisotopic (exact) mass is 390 g/mol. The molecule has 150 valence electrons. The fourth-order valence-electron chi connectivity index (χ4n) is 3.34. The Balaban J connectivity index is 1.64. The van der Waals surface area contributed by atoms with Gasteiger partial charge in [-0.05, 0) is 43.0 Å². The number of nitrogens with zero attached hydrogens (tertiary/aromatic N) is 2. The van der Waals surface area contributed by atoms with Crippen molar-refractivity contribution >= 4 is 23.2 Å². The summed E-state index contributed by atoms with van der Waals surface area (Å²) in [4.78, 5) is 31.3. The van der Waals surface area contributed by atoms with Gasteiger partial charge in [-0.1, -0.05) is 48.5 Å². The van der Waals surface area contributed by atoms with E-state index in [2.05, 4.69) is 10.3 Å². The number of hydrogen-bond donors (Lipinski definition) is 2. The number of benzene rings is 2. The minimum Gasteiger partial charge on any atom is -0.394 e. The van der Waals surface area contributed by atoms with Gasteiger partial charge in [-0.15, -0.1) is 0 Å². The number of rotatable bonds is 5. The minimum absolute atomic E-state index is 0.0384. The Hall–Kier alpha value is -3.41. The van der Waals surface area contributed by atoms with Gasteiger partial charge in [0, 0.05) is 18.4 Å². The molecule has 2 aromatic rings. The Morgan fingerprint density at radius 2 is 1.90 bits per heavy atom. The first-order valence-corrected chi connectivity index (χ1v) is 9.64. The number of carbonyl (C=O) groups is 2. The average Bonchev–Trinajstić information content (AvgIpc) is 2.85. The van der Waals surface area contributed by atoms with E-state index in [1.165, 1.54) is 6.08 Å². The molecular weight excluding hydrogens is 364 g/mol. The summed E-state index contributed by atoms with van der Waals surface area (Å²) in [7, 11) is 1.73. The standard InChI is InChI=1S/C23H26N4O2/c1-16(25-15-17-8-4-3-5-9-17)14-19(24)22(28)26-20-13-12-18-10-6-7-11-21(18)27(2)23(20)29/h3-11,14,20H,12-13,15,24H2,1-2H3,(H,26,28)/t20-/m0/s1. The smallest absolute Gasteiger partial charge is 0.267 e. The quantitative estimate of drug-likeness (QED) is 0.608. The van der Waals surface area contributed by atoms with Gasteiger partial charge in [0.1, 0.15) is 6.04 Å². The topological polar surface area (TPSA) is 87.8 Å². The maximum Gasteiger partial charge on any atom is 0.267 e. The average molecular weight is 390 g/mol. The number of amides is 2. The van der Waals surface area contributed by atoms with E-state index in [-0.39, 0.29) is 11.6 Å². The number of para-hydroxylation sites is 1. The highest BCUT2D eigenvalue weighted by molar-refractivity contribution is 6.05. The van der Waals surface area contributed by atoms with Gasteiger partial charge in [-0.3, -0.25) is 14.6 Å². The molecule has 0 unspecified atom stereocenters. The zero-order valence-electron chi connectivity index (χ0n) is 16.8. The minimum atomic E-state index is -0.617. The van der Waals surface area contributed by atoms with E-state index in [1.807, 2.05) is 54.6 Å². The molecule has 1 heterocycles. The van der Waals surface area contributed by atoms with E-state index < -0.39 is 11.9 Å². The van der Waals surface area contributed by atoms with Gasteiger partial charge in [0.05, 0.1) is 12.2 Å². The van der Waals surface area contributed by atoms with Crippen molar-refractivity contribution in [2.75, 3.05) is 11.9 Å². The van der Waals surface area contributed by atoms with E-state index >= 15 is 0 Å². The van der Waals surface area contributed by atoms with Gasteiger partial charge in [-0.25, -0.2) is 0 Å². The van der Waals surface area contributed by atoms with Crippen molar-refractivity contribution in [3.63, 3.8) is 0 Å². The third-order valence-electron chi connectivity index (χ3n) is 4.97. The summed E-state index contributed by atoms with van der Waals surface area (Å²) in [6, 6.07) is 17.0. The number of anilines is 1. The summed E-state index contributed by atoms with van der Waals surface area (Å²) in [5, 5.41) is 2.77. The van der Waals surface area contributed by atoms with Gasteiger partial charge in [0.15, 0.2) is 0 Å². The highest BCUT2D eigenvalue weighted by Crippen LogP contribution is 2.25. The van der Waals surface area contributed by atoms with Crippen molar-refractivity contribution in [1.29, 1.82) is 0 Å². The molecule has 0 spiro atoms. The Morgan fingerprint density at radius 3 is 2.66 bits per heavy atom. The van der Waals surface area contributed by atoms with Crippen molar-refractivity contribution < 1.29 is 9.59 Å². The molecule has 1 atom stereocenters. The molecule has 6 heteroatoms. The molecule has 0 aromatic heterocycles. The fraction of sp³-hybridized carbons (Fsp3) is 0.261.